The molecule has 1 saturated heterocycles. The summed E-state index contributed by atoms with van der Waals surface area (Å²) in [7, 11) is 1.86. The van der Waals surface area contributed by atoms with E-state index in [0.29, 0.717) is 24.1 Å². The van der Waals surface area contributed by atoms with Crippen LogP contribution in [0.5, 0.6) is 0 Å². The summed E-state index contributed by atoms with van der Waals surface area (Å²) in [5.41, 5.74) is 1.71. The second-order valence-electron chi connectivity index (χ2n) is 4.90. The molecule has 0 aromatic heterocycles. The van der Waals surface area contributed by atoms with Crippen molar-refractivity contribution in [1.82, 2.24) is 5.32 Å². The van der Waals surface area contributed by atoms with E-state index in [2.05, 4.69) is 17.6 Å². The minimum atomic E-state index is -0.00981. The van der Waals surface area contributed by atoms with Crippen molar-refractivity contribution in [2.75, 3.05) is 25.5 Å². The number of rotatable bonds is 5. The van der Waals surface area contributed by atoms with Gasteiger partial charge in [0.15, 0.2) is 0 Å². The summed E-state index contributed by atoms with van der Waals surface area (Å²) in [5.74, 6) is 0.440. The van der Waals surface area contributed by atoms with Crippen molar-refractivity contribution in [3.63, 3.8) is 0 Å². The van der Waals surface area contributed by atoms with Gasteiger partial charge in [-0.2, -0.15) is 0 Å². The van der Waals surface area contributed by atoms with Crippen LogP contribution in [0.2, 0.25) is 0 Å². The van der Waals surface area contributed by atoms with Gasteiger partial charge in [0, 0.05) is 37.4 Å². The Labute approximate surface area is 114 Å². The molecule has 19 heavy (non-hydrogen) atoms. The average Bonchev–Trinajstić information content (AvgIpc) is 2.92. The van der Waals surface area contributed by atoms with E-state index in [0.717, 1.165) is 25.1 Å². The molecule has 2 N–H and O–H groups in total. The van der Waals surface area contributed by atoms with Gasteiger partial charge in [-0.1, -0.05) is 6.92 Å². The van der Waals surface area contributed by atoms with Crippen LogP contribution in [0.25, 0.3) is 0 Å². The van der Waals surface area contributed by atoms with Crippen molar-refractivity contribution in [3.8, 4) is 0 Å². The molecular formula is C15H22N2O2. The fraction of sp³-hybridized carbons (Fsp3) is 0.533. The first kappa shape index (κ1) is 13.9. The molecule has 0 bridgehead atoms. The molecule has 0 radical (unpaired) electrons. The van der Waals surface area contributed by atoms with E-state index in [1.165, 1.54) is 0 Å². The number of carbonyl (C=O) groups is 1. The van der Waals surface area contributed by atoms with Gasteiger partial charge in [-0.05, 0) is 37.1 Å². The summed E-state index contributed by atoms with van der Waals surface area (Å²) in [6.07, 6.45) is 2.35. The van der Waals surface area contributed by atoms with Gasteiger partial charge in [0.2, 0.25) is 0 Å². The van der Waals surface area contributed by atoms with Crippen LogP contribution >= 0.6 is 0 Å². The average molecular weight is 262 g/mol. The molecule has 4 nitrogen and oxygen atoms in total. The summed E-state index contributed by atoms with van der Waals surface area (Å²) >= 11 is 0. The van der Waals surface area contributed by atoms with Crippen molar-refractivity contribution >= 4 is 11.6 Å². The predicted molar refractivity (Wildman–Crippen MR) is 76.5 cm³/mol. The van der Waals surface area contributed by atoms with Crippen LogP contribution in [0.3, 0.4) is 0 Å². The minimum Gasteiger partial charge on any atom is -0.388 e. The molecule has 0 spiro atoms. The van der Waals surface area contributed by atoms with E-state index in [1.54, 1.807) is 0 Å². The zero-order valence-corrected chi connectivity index (χ0v) is 11.6. The third kappa shape index (κ3) is 3.47. The molecule has 1 aromatic rings. The monoisotopic (exact) mass is 262 g/mol. The number of anilines is 1. The lowest BCUT2D eigenvalue weighted by Gasteiger charge is -2.17. The van der Waals surface area contributed by atoms with Crippen molar-refractivity contribution in [2.45, 2.75) is 25.9 Å². The van der Waals surface area contributed by atoms with E-state index in [9.17, 15) is 4.79 Å². The third-order valence-corrected chi connectivity index (χ3v) is 3.71. The summed E-state index contributed by atoms with van der Waals surface area (Å²) in [5, 5.41) is 6.04. The largest absolute Gasteiger partial charge is 0.388 e. The highest BCUT2D eigenvalue weighted by Gasteiger charge is 2.26. The first-order valence-electron chi connectivity index (χ1n) is 6.92. The van der Waals surface area contributed by atoms with Crippen LogP contribution in [0.4, 0.5) is 5.69 Å². The molecule has 1 amide bonds. The predicted octanol–water partition coefficient (Wildman–Crippen LogP) is 2.27. The number of amides is 1. The van der Waals surface area contributed by atoms with Crippen LogP contribution in [-0.2, 0) is 4.74 Å². The number of carbonyl (C=O) groups excluding carboxylic acids is 1. The lowest BCUT2D eigenvalue weighted by Crippen LogP contribution is -2.32. The Balaban J connectivity index is 1.86. The number of benzene rings is 1. The highest BCUT2D eigenvalue weighted by atomic mass is 16.5. The van der Waals surface area contributed by atoms with Gasteiger partial charge in [-0.3, -0.25) is 4.79 Å². The molecule has 104 valence electrons. The molecule has 1 aromatic carbocycles. The first-order valence-corrected chi connectivity index (χ1v) is 6.92. The lowest BCUT2D eigenvalue weighted by atomic mass is 9.99. The molecule has 1 aliphatic rings. The smallest absolute Gasteiger partial charge is 0.251 e. The number of hydrogen-bond donors (Lipinski definition) is 2. The molecule has 4 heteroatoms. The van der Waals surface area contributed by atoms with Crippen LogP contribution in [0.15, 0.2) is 24.3 Å². The first-order chi connectivity index (χ1) is 9.24. The van der Waals surface area contributed by atoms with Crippen LogP contribution in [0, 0.1) is 5.92 Å². The normalized spacial score (nSPS) is 22.2. The minimum absolute atomic E-state index is 0.00981. The Morgan fingerprint density at radius 2 is 2.11 bits per heavy atom. The molecule has 0 saturated carbocycles. The zero-order chi connectivity index (χ0) is 13.7. The summed E-state index contributed by atoms with van der Waals surface area (Å²) in [4.78, 5) is 12.0. The molecule has 2 atom stereocenters. The quantitative estimate of drug-likeness (QED) is 0.856. The highest BCUT2D eigenvalue weighted by molar-refractivity contribution is 5.94. The summed E-state index contributed by atoms with van der Waals surface area (Å²) in [6, 6.07) is 7.48. The summed E-state index contributed by atoms with van der Waals surface area (Å²) < 4.78 is 5.62. The Bertz CT molecular complexity index is 417. The van der Waals surface area contributed by atoms with E-state index in [-0.39, 0.29) is 5.91 Å². The fourth-order valence-corrected chi connectivity index (χ4v) is 2.49. The van der Waals surface area contributed by atoms with Gasteiger partial charge >= 0.3 is 0 Å². The number of nitrogens with one attached hydrogen (secondary N) is 2. The topological polar surface area (TPSA) is 50.4 Å². The van der Waals surface area contributed by atoms with E-state index in [4.69, 9.17) is 4.74 Å². The highest BCUT2D eigenvalue weighted by Crippen LogP contribution is 2.22. The molecule has 2 rings (SSSR count). The van der Waals surface area contributed by atoms with Crippen molar-refractivity contribution in [1.29, 1.82) is 0 Å². The van der Waals surface area contributed by atoms with E-state index < -0.39 is 0 Å². The molecule has 1 heterocycles. The van der Waals surface area contributed by atoms with Gasteiger partial charge in [0.05, 0.1) is 6.10 Å². The zero-order valence-electron chi connectivity index (χ0n) is 11.6. The SMILES string of the molecule is CCC1OCCC1CNC(=O)c1ccc(NC)cc1. The van der Waals surface area contributed by atoms with E-state index in [1.807, 2.05) is 31.3 Å². The maximum atomic E-state index is 12.0. The maximum Gasteiger partial charge on any atom is 0.251 e. The standard InChI is InChI=1S/C15H22N2O2/c1-3-14-12(8-9-19-14)10-17-15(18)11-4-6-13(16-2)7-5-11/h4-7,12,14,16H,3,8-10H2,1-2H3,(H,17,18). The lowest BCUT2D eigenvalue weighted by molar-refractivity contribution is 0.0827. The molecule has 2 unspecified atom stereocenters. The molecule has 1 aliphatic heterocycles. The Kier molecular flexibility index (Phi) is 4.80. The molecule has 1 fully saturated rings. The van der Waals surface area contributed by atoms with Crippen molar-refractivity contribution in [3.05, 3.63) is 29.8 Å². The van der Waals surface area contributed by atoms with E-state index >= 15 is 0 Å². The number of hydrogen-bond acceptors (Lipinski definition) is 3. The Hall–Kier alpha value is -1.55. The Morgan fingerprint density at radius 3 is 2.74 bits per heavy atom. The van der Waals surface area contributed by atoms with Gasteiger partial charge < -0.3 is 15.4 Å². The molecular weight excluding hydrogens is 240 g/mol. The van der Waals surface area contributed by atoms with Crippen LogP contribution in [-0.4, -0.2) is 32.2 Å². The van der Waals surface area contributed by atoms with Gasteiger partial charge in [-0.25, -0.2) is 0 Å². The third-order valence-electron chi connectivity index (χ3n) is 3.71. The van der Waals surface area contributed by atoms with Gasteiger partial charge in [-0.15, -0.1) is 0 Å². The second kappa shape index (κ2) is 6.57. The maximum absolute atomic E-state index is 12.0. The fourth-order valence-electron chi connectivity index (χ4n) is 2.49. The van der Waals surface area contributed by atoms with Gasteiger partial charge in [0.1, 0.15) is 0 Å². The molecule has 0 aliphatic carbocycles. The van der Waals surface area contributed by atoms with Gasteiger partial charge in [0.25, 0.3) is 5.91 Å². The second-order valence-corrected chi connectivity index (χ2v) is 4.90. The number of ether oxygens (including phenoxy) is 1. The van der Waals surface area contributed by atoms with Crippen LogP contribution < -0.4 is 10.6 Å². The van der Waals surface area contributed by atoms with Crippen LogP contribution in [0.1, 0.15) is 30.1 Å². The summed E-state index contributed by atoms with van der Waals surface area (Å²) in [6.45, 7) is 3.64. The van der Waals surface area contributed by atoms with Crippen molar-refractivity contribution < 1.29 is 9.53 Å². The Morgan fingerprint density at radius 1 is 1.37 bits per heavy atom. The van der Waals surface area contributed by atoms with Crippen molar-refractivity contribution in [2.24, 2.45) is 5.92 Å².